The molecule has 2 amide bonds. The van der Waals surface area contributed by atoms with Gasteiger partial charge in [-0.15, -0.1) is 11.3 Å². The van der Waals surface area contributed by atoms with Crippen LogP contribution >= 0.6 is 11.3 Å². The second kappa shape index (κ2) is 10.2. The summed E-state index contributed by atoms with van der Waals surface area (Å²) in [4.78, 5) is 40.3. The van der Waals surface area contributed by atoms with E-state index in [1.807, 2.05) is 35.7 Å². The van der Waals surface area contributed by atoms with Crippen LogP contribution in [0.15, 0.2) is 66.0 Å². The number of hydrogen-bond donors (Lipinski definition) is 1. The highest BCUT2D eigenvalue weighted by atomic mass is 32.1. The predicted octanol–water partition coefficient (Wildman–Crippen LogP) is 3.95. The van der Waals surface area contributed by atoms with Crippen LogP contribution in [0, 0.1) is 0 Å². The standard InChI is InChI=1S/C25H24N2O4S/c28-23(27-13-11-22-20(17-27)12-14-32-22)9-10-24(29)31-21-8-4-7-19(15-21)25(30)26-16-18-5-2-1-3-6-18/h1-8,12,14-15H,9-11,13,16-17H2,(H,26,30). The highest BCUT2D eigenvalue weighted by molar-refractivity contribution is 7.10. The van der Waals surface area contributed by atoms with Crippen LogP contribution in [0.5, 0.6) is 5.75 Å². The average molecular weight is 449 g/mol. The molecule has 1 aliphatic rings. The summed E-state index contributed by atoms with van der Waals surface area (Å²) < 4.78 is 5.36. The molecular formula is C25H24N2O4S. The van der Waals surface area contributed by atoms with Gasteiger partial charge in [-0.25, -0.2) is 0 Å². The molecule has 0 saturated heterocycles. The molecule has 1 N–H and O–H groups in total. The summed E-state index contributed by atoms with van der Waals surface area (Å²) in [5, 5.41) is 4.90. The first-order chi connectivity index (χ1) is 15.6. The van der Waals surface area contributed by atoms with Crippen molar-refractivity contribution in [2.24, 2.45) is 0 Å². The molecule has 0 bridgehead atoms. The minimum atomic E-state index is -0.492. The lowest BCUT2D eigenvalue weighted by Gasteiger charge is -2.27. The second-order valence-corrected chi connectivity index (χ2v) is 8.61. The average Bonchev–Trinajstić information content (AvgIpc) is 3.30. The van der Waals surface area contributed by atoms with Crippen LogP contribution in [-0.4, -0.2) is 29.2 Å². The summed E-state index contributed by atoms with van der Waals surface area (Å²) in [5.74, 6) is -0.503. The molecule has 2 heterocycles. The van der Waals surface area contributed by atoms with Gasteiger partial charge in [0.2, 0.25) is 5.91 Å². The number of nitrogens with zero attached hydrogens (tertiary/aromatic N) is 1. The Labute approximate surface area is 190 Å². The Bertz CT molecular complexity index is 1110. The molecule has 1 aliphatic heterocycles. The van der Waals surface area contributed by atoms with Crippen LogP contribution in [0.3, 0.4) is 0 Å². The van der Waals surface area contributed by atoms with E-state index >= 15 is 0 Å². The van der Waals surface area contributed by atoms with Crippen molar-refractivity contribution in [2.45, 2.75) is 32.4 Å². The van der Waals surface area contributed by atoms with Crippen molar-refractivity contribution in [3.05, 3.63) is 87.6 Å². The maximum atomic E-state index is 12.5. The van der Waals surface area contributed by atoms with Crippen molar-refractivity contribution in [1.29, 1.82) is 0 Å². The SMILES string of the molecule is O=C(CCC(=O)N1CCc2sccc2C1)Oc1cccc(C(=O)NCc2ccccc2)c1. The van der Waals surface area contributed by atoms with Gasteiger partial charge in [-0.2, -0.15) is 0 Å². The van der Waals surface area contributed by atoms with E-state index in [1.54, 1.807) is 34.4 Å². The number of rotatable bonds is 7. The van der Waals surface area contributed by atoms with Crippen molar-refractivity contribution in [2.75, 3.05) is 6.54 Å². The lowest BCUT2D eigenvalue weighted by atomic mass is 10.1. The van der Waals surface area contributed by atoms with Gasteiger partial charge in [0, 0.05) is 36.5 Å². The number of benzene rings is 2. The third-order valence-corrected chi connectivity index (χ3v) is 6.35. The number of fused-ring (bicyclic) bond motifs is 1. The molecular weight excluding hydrogens is 424 g/mol. The Hall–Kier alpha value is -3.45. The number of hydrogen-bond acceptors (Lipinski definition) is 5. The van der Waals surface area contributed by atoms with E-state index in [0.717, 1.165) is 12.0 Å². The van der Waals surface area contributed by atoms with Gasteiger partial charge in [0.25, 0.3) is 5.91 Å². The molecule has 3 aromatic rings. The molecule has 164 valence electrons. The van der Waals surface area contributed by atoms with Gasteiger partial charge >= 0.3 is 5.97 Å². The van der Waals surface area contributed by atoms with E-state index in [1.165, 1.54) is 16.5 Å². The summed E-state index contributed by atoms with van der Waals surface area (Å²) in [5.41, 5.74) is 2.60. The van der Waals surface area contributed by atoms with Crippen molar-refractivity contribution >= 4 is 29.1 Å². The summed E-state index contributed by atoms with van der Waals surface area (Å²) in [6.45, 7) is 1.70. The van der Waals surface area contributed by atoms with Crippen LogP contribution in [0.4, 0.5) is 0 Å². The number of esters is 1. The minimum Gasteiger partial charge on any atom is -0.426 e. The zero-order chi connectivity index (χ0) is 22.3. The highest BCUT2D eigenvalue weighted by Crippen LogP contribution is 2.24. The van der Waals surface area contributed by atoms with Crippen LogP contribution in [0.25, 0.3) is 0 Å². The van der Waals surface area contributed by atoms with E-state index in [4.69, 9.17) is 4.74 Å². The number of carbonyl (C=O) groups excluding carboxylic acids is 3. The summed E-state index contributed by atoms with van der Waals surface area (Å²) >= 11 is 1.72. The quantitative estimate of drug-likeness (QED) is 0.439. The first-order valence-electron chi connectivity index (χ1n) is 10.5. The minimum absolute atomic E-state index is 0.00371. The number of thiophene rings is 1. The van der Waals surface area contributed by atoms with E-state index < -0.39 is 5.97 Å². The zero-order valence-corrected chi connectivity index (χ0v) is 18.4. The van der Waals surface area contributed by atoms with Gasteiger partial charge in [-0.1, -0.05) is 36.4 Å². The van der Waals surface area contributed by atoms with Crippen molar-refractivity contribution in [1.82, 2.24) is 10.2 Å². The van der Waals surface area contributed by atoms with Gasteiger partial charge in [-0.05, 0) is 47.2 Å². The van der Waals surface area contributed by atoms with Gasteiger partial charge in [0.05, 0.1) is 6.42 Å². The molecule has 4 rings (SSSR count). The highest BCUT2D eigenvalue weighted by Gasteiger charge is 2.22. The summed E-state index contributed by atoms with van der Waals surface area (Å²) in [6.07, 6.45) is 0.966. The van der Waals surface area contributed by atoms with Crippen molar-refractivity contribution < 1.29 is 19.1 Å². The van der Waals surface area contributed by atoms with Gasteiger partial charge in [0.15, 0.2) is 0 Å². The van der Waals surface area contributed by atoms with Crippen LogP contribution < -0.4 is 10.1 Å². The van der Waals surface area contributed by atoms with Gasteiger partial charge in [0.1, 0.15) is 5.75 Å². The van der Waals surface area contributed by atoms with Crippen LogP contribution in [0.2, 0.25) is 0 Å². The molecule has 0 unspecified atom stereocenters. The molecule has 0 spiro atoms. The molecule has 7 heteroatoms. The van der Waals surface area contributed by atoms with E-state index in [0.29, 0.717) is 25.2 Å². The maximum Gasteiger partial charge on any atom is 0.311 e. The Morgan fingerprint density at radius 2 is 1.84 bits per heavy atom. The molecule has 0 fully saturated rings. The normalized spacial score (nSPS) is 12.7. The monoisotopic (exact) mass is 448 g/mol. The van der Waals surface area contributed by atoms with E-state index in [-0.39, 0.29) is 30.4 Å². The number of amides is 2. The molecule has 0 aliphatic carbocycles. The zero-order valence-electron chi connectivity index (χ0n) is 17.6. The van der Waals surface area contributed by atoms with Gasteiger partial charge in [-0.3, -0.25) is 14.4 Å². The summed E-state index contributed by atoms with van der Waals surface area (Å²) in [7, 11) is 0. The Morgan fingerprint density at radius 1 is 1.00 bits per heavy atom. The third-order valence-electron chi connectivity index (χ3n) is 5.33. The largest absolute Gasteiger partial charge is 0.426 e. The molecule has 2 aromatic carbocycles. The fourth-order valence-corrected chi connectivity index (χ4v) is 4.48. The van der Waals surface area contributed by atoms with E-state index in [9.17, 15) is 14.4 Å². The Balaban J connectivity index is 1.25. The fourth-order valence-electron chi connectivity index (χ4n) is 3.59. The van der Waals surface area contributed by atoms with Crippen LogP contribution in [0.1, 0.15) is 39.2 Å². The second-order valence-electron chi connectivity index (χ2n) is 7.60. The molecule has 32 heavy (non-hydrogen) atoms. The number of carbonyl (C=O) groups is 3. The smallest absolute Gasteiger partial charge is 0.311 e. The summed E-state index contributed by atoms with van der Waals surface area (Å²) in [6, 6.07) is 18.1. The molecule has 0 saturated carbocycles. The van der Waals surface area contributed by atoms with Gasteiger partial charge < -0.3 is 15.0 Å². The van der Waals surface area contributed by atoms with Crippen molar-refractivity contribution in [3.8, 4) is 5.75 Å². The van der Waals surface area contributed by atoms with Crippen LogP contribution in [-0.2, 0) is 29.1 Å². The number of ether oxygens (including phenoxy) is 1. The first-order valence-corrected chi connectivity index (χ1v) is 11.4. The third kappa shape index (κ3) is 5.62. The Kier molecular flexibility index (Phi) is 6.97. The first kappa shape index (κ1) is 21.8. The maximum absolute atomic E-state index is 12.5. The van der Waals surface area contributed by atoms with Crippen molar-refractivity contribution in [3.63, 3.8) is 0 Å². The lowest BCUT2D eigenvalue weighted by Crippen LogP contribution is -2.35. The fraction of sp³-hybridized carbons (Fsp3) is 0.240. The van der Waals surface area contributed by atoms with E-state index in [2.05, 4.69) is 11.4 Å². The molecule has 1 aromatic heterocycles. The topological polar surface area (TPSA) is 75.7 Å². The molecule has 0 radical (unpaired) electrons. The Morgan fingerprint density at radius 3 is 2.69 bits per heavy atom. The molecule has 0 atom stereocenters. The predicted molar refractivity (Wildman–Crippen MR) is 122 cm³/mol. The lowest BCUT2D eigenvalue weighted by molar-refractivity contribution is -0.139. The molecule has 6 nitrogen and oxygen atoms in total. The number of nitrogens with one attached hydrogen (secondary N) is 1.